The highest BCUT2D eigenvalue weighted by Crippen LogP contribution is 2.93. The molecule has 0 nitrogen and oxygen atoms in total. The molecule has 5 atom stereocenters. The smallest absolute Gasteiger partial charge is 0.0226 e. The maximum Gasteiger partial charge on any atom is -0.0226 e. The molecule has 1 spiro atoms. The Morgan fingerprint density at radius 1 is 1.25 bits per heavy atom. The average molecular weight is 106 g/mol. The van der Waals surface area contributed by atoms with Crippen LogP contribution in [-0.2, 0) is 0 Å². The van der Waals surface area contributed by atoms with Crippen molar-refractivity contribution in [3.63, 3.8) is 0 Å². The molecule has 42 valence electrons. The largest absolute Gasteiger partial charge is 0.0467 e. The first kappa shape index (κ1) is 3.24. The van der Waals surface area contributed by atoms with Crippen LogP contribution in [-0.4, -0.2) is 0 Å². The Morgan fingerprint density at radius 2 is 2.25 bits per heavy atom. The van der Waals surface area contributed by atoms with Crippen LogP contribution in [0.15, 0.2) is 0 Å². The molecule has 4 aliphatic rings. The topological polar surface area (TPSA) is 0 Å². The molecule has 0 aromatic heterocycles. The van der Waals surface area contributed by atoms with E-state index in [0.29, 0.717) is 0 Å². The fourth-order valence-corrected chi connectivity index (χ4v) is 3.59. The van der Waals surface area contributed by atoms with Crippen molar-refractivity contribution in [2.45, 2.75) is 19.3 Å². The Hall–Kier alpha value is 0. The number of hydrogen-bond donors (Lipinski definition) is 0. The van der Waals surface area contributed by atoms with Gasteiger partial charge in [0.1, 0.15) is 0 Å². The van der Waals surface area contributed by atoms with Gasteiger partial charge in [-0.1, -0.05) is 0 Å². The Morgan fingerprint density at radius 3 is 2.75 bits per heavy atom. The first-order valence-electron chi connectivity index (χ1n) is 3.92. The number of fused-ring (bicyclic) bond motifs is 3. The molecule has 0 saturated heterocycles. The van der Waals surface area contributed by atoms with E-state index in [1.165, 1.54) is 23.7 Å². The van der Waals surface area contributed by atoms with Gasteiger partial charge in [0.05, 0.1) is 0 Å². The van der Waals surface area contributed by atoms with Gasteiger partial charge in [-0.25, -0.2) is 0 Å². The molecule has 0 aromatic carbocycles. The van der Waals surface area contributed by atoms with Gasteiger partial charge in [0.15, 0.2) is 0 Å². The maximum atomic E-state index is 1.66. The van der Waals surface area contributed by atoms with Crippen molar-refractivity contribution in [1.29, 1.82) is 0 Å². The van der Waals surface area contributed by atoms with Crippen molar-refractivity contribution in [2.75, 3.05) is 0 Å². The standard InChI is InChI=1S/C8H10/c1-4-2-8-3-6(8)7(8)5(1)4/h4-7H,1-3H2/t4?,5?,6?,7?,8-/m0/s1. The van der Waals surface area contributed by atoms with Crippen LogP contribution >= 0.6 is 0 Å². The van der Waals surface area contributed by atoms with Crippen molar-refractivity contribution in [1.82, 2.24) is 0 Å². The van der Waals surface area contributed by atoms with Gasteiger partial charge in [-0.3, -0.25) is 0 Å². The van der Waals surface area contributed by atoms with Gasteiger partial charge < -0.3 is 0 Å². The van der Waals surface area contributed by atoms with E-state index in [0.717, 1.165) is 5.41 Å². The van der Waals surface area contributed by atoms with Crippen molar-refractivity contribution >= 4 is 0 Å². The van der Waals surface area contributed by atoms with Gasteiger partial charge >= 0.3 is 0 Å². The monoisotopic (exact) mass is 106 g/mol. The normalized spacial score (nSPS) is 87.0. The third-order valence-corrected chi connectivity index (χ3v) is 4.25. The molecule has 4 saturated carbocycles. The van der Waals surface area contributed by atoms with Crippen LogP contribution in [0, 0.1) is 29.1 Å². The number of hydrogen-bond acceptors (Lipinski definition) is 0. The Bertz CT molecular complexity index is 184. The molecule has 4 unspecified atom stereocenters. The molecule has 8 heavy (non-hydrogen) atoms. The zero-order valence-electron chi connectivity index (χ0n) is 4.93. The molecular weight excluding hydrogens is 96.1 g/mol. The van der Waals surface area contributed by atoms with Gasteiger partial charge in [-0.15, -0.1) is 0 Å². The lowest BCUT2D eigenvalue weighted by Gasteiger charge is -1.99. The second kappa shape index (κ2) is 0.571. The van der Waals surface area contributed by atoms with E-state index < -0.39 is 0 Å². The Balaban J connectivity index is 1.93. The molecule has 0 heteroatoms. The lowest BCUT2D eigenvalue weighted by Crippen LogP contribution is -1.92. The highest BCUT2D eigenvalue weighted by atomic mass is 14.9. The second-order valence-corrected chi connectivity index (χ2v) is 4.43. The number of rotatable bonds is 0. The molecule has 0 aliphatic heterocycles. The lowest BCUT2D eigenvalue weighted by atomic mass is 10.0. The van der Waals surface area contributed by atoms with E-state index in [-0.39, 0.29) is 0 Å². The minimum atomic E-state index is 1.05. The van der Waals surface area contributed by atoms with Crippen molar-refractivity contribution in [2.24, 2.45) is 29.1 Å². The first-order chi connectivity index (χ1) is 3.92. The summed E-state index contributed by atoms with van der Waals surface area (Å²) in [6.45, 7) is 0. The molecule has 0 bridgehead atoms. The molecule has 0 aromatic rings. The fraction of sp³-hybridized carbons (Fsp3) is 1.00. The summed E-state index contributed by atoms with van der Waals surface area (Å²) in [4.78, 5) is 0. The van der Waals surface area contributed by atoms with E-state index in [1.54, 1.807) is 19.3 Å². The first-order valence-corrected chi connectivity index (χ1v) is 3.92. The van der Waals surface area contributed by atoms with Gasteiger partial charge in [-0.2, -0.15) is 0 Å². The van der Waals surface area contributed by atoms with Gasteiger partial charge in [0.25, 0.3) is 0 Å². The summed E-state index contributed by atoms with van der Waals surface area (Å²) in [5.74, 6) is 5.10. The SMILES string of the molecule is C1C2C[C@]34CC3C4C12. The van der Waals surface area contributed by atoms with E-state index in [1.807, 2.05) is 0 Å². The molecule has 4 rings (SSSR count). The Labute approximate surface area is 49.3 Å². The van der Waals surface area contributed by atoms with Crippen molar-refractivity contribution in [3.8, 4) is 0 Å². The van der Waals surface area contributed by atoms with E-state index in [4.69, 9.17) is 0 Å². The lowest BCUT2D eigenvalue weighted by molar-refractivity contribution is 0.491. The Kier molecular flexibility index (Phi) is 0.231. The molecule has 4 aliphatic carbocycles. The fourth-order valence-electron chi connectivity index (χ4n) is 3.59. The van der Waals surface area contributed by atoms with E-state index in [2.05, 4.69) is 0 Å². The summed E-state index contributed by atoms with van der Waals surface area (Å²) < 4.78 is 0. The summed E-state index contributed by atoms with van der Waals surface area (Å²) >= 11 is 0. The summed E-state index contributed by atoms with van der Waals surface area (Å²) in [5.41, 5.74) is 1.05. The average Bonchev–Trinajstić information content (AvgIpc) is 2.49. The van der Waals surface area contributed by atoms with Crippen LogP contribution in [0.4, 0.5) is 0 Å². The van der Waals surface area contributed by atoms with Crippen molar-refractivity contribution < 1.29 is 0 Å². The molecular formula is C8H10. The van der Waals surface area contributed by atoms with Gasteiger partial charge in [-0.05, 0) is 48.3 Å². The third kappa shape index (κ3) is 0.146. The van der Waals surface area contributed by atoms with Crippen LogP contribution in [0.5, 0.6) is 0 Å². The molecule has 0 heterocycles. The minimum absolute atomic E-state index is 1.05. The highest BCUT2D eigenvalue weighted by Gasteiger charge is 2.87. The zero-order chi connectivity index (χ0) is 4.93. The predicted molar refractivity (Wildman–Crippen MR) is 30.2 cm³/mol. The zero-order valence-corrected chi connectivity index (χ0v) is 4.93. The van der Waals surface area contributed by atoms with Crippen LogP contribution in [0.2, 0.25) is 0 Å². The van der Waals surface area contributed by atoms with Gasteiger partial charge in [0, 0.05) is 0 Å². The molecule has 0 N–H and O–H groups in total. The van der Waals surface area contributed by atoms with Gasteiger partial charge in [0.2, 0.25) is 0 Å². The van der Waals surface area contributed by atoms with Crippen molar-refractivity contribution in [3.05, 3.63) is 0 Å². The van der Waals surface area contributed by atoms with E-state index >= 15 is 0 Å². The van der Waals surface area contributed by atoms with Crippen LogP contribution in [0.1, 0.15) is 19.3 Å². The van der Waals surface area contributed by atoms with Crippen LogP contribution in [0.25, 0.3) is 0 Å². The second-order valence-electron chi connectivity index (χ2n) is 4.43. The molecule has 4 fully saturated rings. The summed E-state index contributed by atoms with van der Waals surface area (Å²) in [7, 11) is 0. The van der Waals surface area contributed by atoms with Crippen LogP contribution < -0.4 is 0 Å². The summed E-state index contributed by atoms with van der Waals surface area (Å²) in [5, 5.41) is 0. The molecule has 0 amide bonds. The third-order valence-electron chi connectivity index (χ3n) is 4.25. The van der Waals surface area contributed by atoms with E-state index in [9.17, 15) is 0 Å². The quantitative estimate of drug-likeness (QED) is 0.440. The highest BCUT2D eigenvalue weighted by molar-refractivity contribution is 5.35. The summed E-state index contributed by atoms with van der Waals surface area (Å²) in [6, 6.07) is 0. The predicted octanol–water partition coefficient (Wildman–Crippen LogP) is 1.66. The summed E-state index contributed by atoms with van der Waals surface area (Å²) in [6.07, 6.45) is 4.93. The maximum absolute atomic E-state index is 1.66. The van der Waals surface area contributed by atoms with Crippen LogP contribution in [0.3, 0.4) is 0 Å². The minimum Gasteiger partial charge on any atom is -0.0467 e. The molecule has 0 radical (unpaired) electrons.